The van der Waals surface area contributed by atoms with E-state index >= 15 is 0 Å². The van der Waals surface area contributed by atoms with Gasteiger partial charge in [0.05, 0.1) is 23.0 Å². The molecule has 4 rings (SSSR count). The van der Waals surface area contributed by atoms with Gasteiger partial charge in [0.15, 0.2) is 5.03 Å². The van der Waals surface area contributed by atoms with Gasteiger partial charge < -0.3 is 9.30 Å². The zero-order valence-corrected chi connectivity index (χ0v) is 20.1. The highest BCUT2D eigenvalue weighted by atomic mass is 32.2. The average Bonchev–Trinajstić information content (AvgIpc) is 3.36. The van der Waals surface area contributed by atoms with E-state index in [2.05, 4.69) is 16.2 Å². The predicted molar refractivity (Wildman–Crippen MR) is 122 cm³/mol. The topological polar surface area (TPSA) is 123 Å². The van der Waals surface area contributed by atoms with Gasteiger partial charge in [-0.15, -0.1) is 0 Å². The van der Waals surface area contributed by atoms with Crippen molar-refractivity contribution >= 4 is 16.0 Å². The number of nitrogens with zero attached hydrogens (tertiary/aromatic N) is 6. The Bertz CT molecular complexity index is 1330. The van der Waals surface area contributed by atoms with E-state index in [1.165, 1.54) is 10.5 Å². The summed E-state index contributed by atoms with van der Waals surface area (Å²) in [5, 5.41) is 14.0. The van der Waals surface area contributed by atoms with Crippen LogP contribution in [0.1, 0.15) is 35.6 Å². The highest BCUT2D eigenvalue weighted by Crippen LogP contribution is 2.25. The van der Waals surface area contributed by atoms with Crippen molar-refractivity contribution in [2.45, 2.75) is 38.3 Å². The molecular weight excluding hydrogens is 456 g/mol. The highest BCUT2D eigenvalue weighted by Gasteiger charge is 2.34. The molecule has 1 aliphatic heterocycles. The first-order chi connectivity index (χ1) is 16.2. The van der Waals surface area contributed by atoms with Crippen molar-refractivity contribution in [3.8, 4) is 11.8 Å². The molecule has 178 valence electrons. The minimum Gasteiger partial charge on any atom is -0.459 e. The third kappa shape index (κ3) is 4.47. The predicted octanol–water partition coefficient (Wildman–Crippen LogP) is 2.24. The first-order valence-electron chi connectivity index (χ1n) is 10.9. The van der Waals surface area contributed by atoms with Gasteiger partial charge >= 0.3 is 5.97 Å². The van der Waals surface area contributed by atoms with E-state index in [9.17, 15) is 18.5 Å². The van der Waals surface area contributed by atoms with Crippen LogP contribution in [0.2, 0.25) is 0 Å². The number of hydrogen-bond donors (Lipinski definition) is 0. The number of nitriles is 1. The Morgan fingerprint density at radius 3 is 2.47 bits per heavy atom. The van der Waals surface area contributed by atoms with Crippen molar-refractivity contribution in [3.63, 3.8) is 0 Å². The summed E-state index contributed by atoms with van der Waals surface area (Å²) >= 11 is 0. The quantitative estimate of drug-likeness (QED) is 0.494. The molecule has 0 unspecified atom stereocenters. The van der Waals surface area contributed by atoms with Crippen LogP contribution in [0, 0.1) is 31.1 Å². The number of esters is 1. The Kier molecular flexibility index (Phi) is 6.54. The zero-order valence-electron chi connectivity index (χ0n) is 19.3. The Hall–Kier alpha value is -3.49. The SMILES string of the molecule is Cc1nn(-c2ccccc2)c(COC(=O)C2CCN(S(=O)(=O)c3cn(C)c(C)n3)CC2)c1C#N. The lowest BCUT2D eigenvalue weighted by atomic mass is 9.98. The number of carbonyl (C=O) groups is 1. The number of carbonyl (C=O) groups excluding carboxylic acids is 1. The van der Waals surface area contributed by atoms with Crippen LogP contribution in [0.15, 0.2) is 41.6 Å². The second-order valence-corrected chi connectivity index (χ2v) is 10.2. The number of para-hydroxylation sites is 1. The molecule has 0 saturated carbocycles. The molecule has 0 spiro atoms. The van der Waals surface area contributed by atoms with Crippen molar-refractivity contribution in [1.29, 1.82) is 5.26 Å². The molecule has 0 bridgehead atoms. The van der Waals surface area contributed by atoms with Crippen molar-refractivity contribution in [1.82, 2.24) is 23.6 Å². The van der Waals surface area contributed by atoms with Crippen LogP contribution in [0.5, 0.6) is 0 Å². The molecule has 3 aromatic rings. The Balaban J connectivity index is 1.41. The van der Waals surface area contributed by atoms with Gasteiger partial charge in [-0.1, -0.05) is 18.2 Å². The molecule has 1 saturated heterocycles. The van der Waals surface area contributed by atoms with Gasteiger partial charge in [0.25, 0.3) is 10.0 Å². The summed E-state index contributed by atoms with van der Waals surface area (Å²) in [5.41, 5.74) is 2.20. The van der Waals surface area contributed by atoms with Crippen molar-refractivity contribution in [2.24, 2.45) is 13.0 Å². The van der Waals surface area contributed by atoms with Gasteiger partial charge in [-0.3, -0.25) is 4.79 Å². The fourth-order valence-corrected chi connectivity index (χ4v) is 5.50. The number of aryl methyl sites for hydroxylation is 3. The minimum atomic E-state index is -3.71. The van der Waals surface area contributed by atoms with Crippen LogP contribution >= 0.6 is 0 Å². The number of benzene rings is 1. The lowest BCUT2D eigenvalue weighted by molar-refractivity contribution is -0.151. The van der Waals surface area contributed by atoms with Crippen LogP contribution in [-0.2, 0) is 33.2 Å². The maximum atomic E-state index is 12.9. The molecule has 0 N–H and O–H groups in total. The number of piperidine rings is 1. The Labute approximate surface area is 198 Å². The van der Waals surface area contributed by atoms with Gasteiger partial charge in [-0.2, -0.15) is 14.7 Å². The molecule has 1 aromatic carbocycles. The fraction of sp³-hybridized carbons (Fsp3) is 0.391. The summed E-state index contributed by atoms with van der Waals surface area (Å²) in [5.74, 6) is -0.219. The van der Waals surface area contributed by atoms with E-state index in [0.29, 0.717) is 35.6 Å². The normalized spacial score (nSPS) is 15.2. The van der Waals surface area contributed by atoms with Crippen LogP contribution in [0.4, 0.5) is 0 Å². The summed E-state index contributed by atoms with van der Waals surface area (Å²) in [7, 11) is -1.97. The number of aromatic nitrogens is 4. The largest absolute Gasteiger partial charge is 0.459 e. The monoisotopic (exact) mass is 482 g/mol. The van der Waals surface area contributed by atoms with Gasteiger partial charge in [0, 0.05) is 26.3 Å². The van der Waals surface area contributed by atoms with Crippen molar-refractivity contribution in [2.75, 3.05) is 13.1 Å². The zero-order chi connectivity index (χ0) is 24.5. The van der Waals surface area contributed by atoms with Gasteiger partial charge in [0.1, 0.15) is 24.1 Å². The van der Waals surface area contributed by atoms with Crippen LogP contribution in [0.3, 0.4) is 0 Å². The van der Waals surface area contributed by atoms with Gasteiger partial charge in [-0.05, 0) is 38.8 Å². The number of imidazole rings is 1. The maximum Gasteiger partial charge on any atom is 0.309 e. The van der Waals surface area contributed by atoms with Crippen LogP contribution in [0.25, 0.3) is 5.69 Å². The molecule has 0 atom stereocenters. The first-order valence-corrected chi connectivity index (χ1v) is 12.4. The first kappa shape index (κ1) is 23.7. The number of ether oxygens (including phenoxy) is 1. The Morgan fingerprint density at radius 2 is 1.88 bits per heavy atom. The molecule has 10 nitrogen and oxygen atoms in total. The average molecular weight is 483 g/mol. The Morgan fingerprint density at radius 1 is 1.21 bits per heavy atom. The van der Waals surface area contributed by atoms with E-state index in [0.717, 1.165) is 5.69 Å². The summed E-state index contributed by atoms with van der Waals surface area (Å²) in [6.45, 7) is 3.81. The molecule has 11 heteroatoms. The fourth-order valence-electron chi connectivity index (χ4n) is 4.01. The van der Waals surface area contributed by atoms with Crippen LogP contribution in [-0.4, -0.2) is 51.1 Å². The highest BCUT2D eigenvalue weighted by molar-refractivity contribution is 7.89. The molecular formula is C23H26N6O4S. The minimum absolute atomic E-state index is 0.0158. The lowest BCUT2D eigenvalue weighted by Gasteiger charge is -2.29. The molecule has 0 amide bonds. The third-order valence-corrected chi connectivity index (χ3v) is 7.87. The summed E-state index contributed by atoms with van der Waals surface area (Å²) in [6.07, 6.45) is 2.20. The van der Waals surface area contributed by atoms with E-state index in [1.807, 2.05) is 30.3 Å². The van der Waals surface area contributed by atoms with E-state index < -0.39 is 21.9 Å². The lowest BCUT2D eigenvalue weighted by Crippen LogP contribution is -2.40. The van der Waals surface area contributed by atoms with Gasteiger partial charge in [0.2, 0.25) is 0 Å². The molecule has 0 aliphatic carbocycles. The third-order valence-electron chi connectivity index (χ3n) is 6.10. The second-order valence-electron chi connectivity index (χ2n) is 8.29. The smallest absolute Gasteiger partial charge is 0.309 e. The molecule has 34 heavy (non-hydrogen) atoms. The van der Waals surface area contributed by atoms with E-state index in [4.69, 9.17) is 4.74 Å². The number of hydrogen-bond acceptors (Lipinski definition) is 7. The number of rotatable bonds is 6. The molecule has 3 heterocycles. The second kappa shape index (κ2) is 9.40. The van der Waals surface area contributed by atoms with Gasteiger partial charge in [-0.25, -0.2) is 18.1 Å². The summed E-state index contributed by atoms with van der Waals surface area (Å²) in [4.78, 5) is 16.9. The number of sulfonamides is 1. The van der Waals surface area contributed by atoms with Crippen LogP contribution < -0.4 is 0 Å². The summed E-state index contributed by atoms with van der Waals surface area (Å²) in [6, 6.07) is 11.5. The maximum absolute atomic E-state index is 12.9. The van der Waals surface area contributed by atoms with E-state index in [1.54, 1.807) is 30.1 Å². The molecule has 1 aliphatic rings. The molecule has 0 radical (unpaired) electrons. The van der Waals surface area contributed by atoms with E-state index in [-0.39, 0.29) is 24.7 Å². The van der Waals surface area contributed by atoms with Crippen molar-refractivity contribution in [3.05, 3.63) is 59.3 Å². The summed E-state index contributed by atoms with van der Waals surface area (Å²) < 4.78 is 36.0. The standard InChI is InChI=1S/C23H26N6O4S/c1-16-20(13-24)21(29(26-16)19-7-5-4-6-8-19)15-33-23(30)18-9-11-28(12-10-18)34(31,32)22-14-27(3)17(2)25-22/h4-8,14,18H,9-12,15H2,1-3H3. The molecule has 2 aromatic heterocycles. The molecule has 1 fully saturated rings. The van der Waals surface area contributed by atoms with Crippen molar-refractivity contribution < 1.29 is 17.9 Å².